The third kappa shape index (κ3) is 5.83. The molecule has 30 heavy (non-hydrogen) atoms. The topological polar surface area (TPSA) is 47.6 Å². The van der Waals surface area contributed by atoms with E-state index >= 15 is 0 Å². The highest BCUT2D eigenvalue weighted by Gasteiger charge is 2.33. The van der Waals surface area contributed by atoms with Crippen LogP contribution in [0.3, 0.4) is 0 Å². The van der Waals surface area contributed by atoms with Crippen LogP contribution >= 0.6 is 0 Å². The fraction of sp³-hybridized carbons (Fsp3) is 0.480. The van der Waals surface area contributed by atoms with Crippen LogP contribution in [-0.4, -0.2) is 54.6 Å². The maximum absolute atomic E-state index is 12.7. The average molecular weight is 409 g/mol. The zero-order valence-electron chi connectivity index (χ0n) is 18.6. The predicted octanol–water partition coefficient (Wildman–Crippen LogP) is 4.20. The van der Waals surface area contributed by atoms with Gasteiger partial charge in [-0.3, -0.25) is 9.80 Å². The zero-order valence-corrected chi connectivity index (χ0v) is 18.6. The van der Waals surface area contributed by atoms with Gasteiger partial charge in [-0.2, -0.15) is 0 Å². The van der Waals surface area contributed by atoms with Gasteiger partial charge >= 0.3 is 6.03 Å². The van der Waals surface area contributed by atoms with Gasteiger partial charge in [0.15, 0.2) is 0 Å². The average Bonchev–Trinajstić information content (AvgIpc) is 2.79. The van der Waals surface area contributed by atoms with Crippen molar-refractivity contribution in [3.8, 4) is 0 Å². The van der Waals surface area contributed by atoms with Crippen LogP contribution in [0, 0.1) is 0 Å². The molecule has 5 nitrogen and oxygen atoms in total. The number of carbonyl (C=O) groups is 1. The van der Waals surface area contributed by atoms with Crippen molar-refractivity contribution in [2.45, 2.75) is 45.3 Å². The molecule has 3 rings (SSSR count). The molecule has 0 aliphatic carbocycles. The minimum Gasteiger partial charge on any atom is -0.338 e. The van der Waals surface area contributed by atoms with E-state index in [4.69, 9.17) is 0 Å². The van der Waals surface area contributed by atoms with Gasteiger partial charge in [0, 0.05) is 38.8 Å². The van der Waals surface area contributed by atoms with Gasteiger partial charge in [0.25, 0.3) is 0 Å². The van der Waals surface area contributed by atoms with Crippen LogP contribution in [0.1, 0.15) is 50.4 Å². The normalized spacial score (nSPS) is 17.5. The standard InChI is InChI=1S/C25H36N4O/c1-4-15-26-25(30)27-23(21-11-7-5-8-12-21)24(22-13-9-6-10-14-22)29-18-16-28(17-19-29)20(2)3/h5-14,20,23-24H,4,15-19H2,1-3H3,(H2,26,27,30)/t23-,24+/m1/s1. The van der Waals surface area contributed by atoms with E-state index in [0.717, 1.165) is 38.2 Å². The molecule has 0 radical (unpaired) electrons. The highest BCUT2D eigenvalue weighted by atomic mass is 16.2. The first-order chi connectivity index (χ1) is 14.6. The van der Waals surface area contributed by atoms with Crippen LogP contribution in [0.4, 0.5) is 4.79 Å². The Hall–Kier alpha value is -2.37. The number of nitrogens with one attached hydrogen (secondary N) is 2. The highest BCUT2D eigenvalue weighted by Crippen LogP contribution is 2.35. The molecule has 0 unspecified atom stereocenters. The first-order valence-electron chi connectivity index (χ1n) is 11.2. The zero-order chi connectivity index (χ0) is 21.3. The van der Waals surface area contributed by atoms with Crippen LogP contribution in [-0.2, 0) is 0 Å². The highest BCUT2D eigenvalue weighted by molar-refractivity contribution is 5.74. The Labute approximate surface area is 181 Å². The van der Waals surface area contributed by atoms with Gasteiger partial charge in [-0.05, 0) is 31.4 Å². The van der Waals surface area contributed by atoms with E-state index in [1.54, 1.807) is 0 Å². The van der Waals surface area contributed by atoms with Crippen LogP contribution in [0.2, 0.25) is 0 Å². The van der Waals surface area contributed by atoms with Gasteiger partial charge in [0.1, 0.15) is 0 Å². The molecule has 0 aromatic heterocycles. The van der Waals surface area contributed by atoms with E-state index in [-0.39, 0.29) is 18.1 Å². The summed E-state index contributed by atoms with van der Waals surface area (Å²) in [6, 6.07) is 21.4. The molecule has 1 saturated heterocycles. The largest absolute Gasteiger partial charge is 0.338 e. The van der Waals surface area contributed by atoms with E-state index in [9.17, 15) is 4.79 Å². The van der Waals surface area contributed by atoms with Gasteiger partial charge in [-0.15, -0.1) is 0 Å². The molecule has 0 saturated carbocycles. The second-order valence-corrected chi connectivity index (χ2v) is 8.31. The molecule has 1 aliphatic rings. The summed E-state index contributed by atoms with van der Waals surface area (Å²) >= 11 is 0. The first kappa shape index (κ1) is 22.3. The monoisotopic (exact) mass is 408 g/mol. The Morgan fingerprint density at radius 2 is 1.40 bits per heavy atom. The number of hydrogen-bond acceptors (Lipinski definition) is 3. The third-order valence-corrected chi connectivity index (χ3v) is 5.91. The number of benzene rings is 2. The maximum atomic E-state index is 12.7. The lowest BCUT2D eigenvalue weighted by Crippen LogP contribution is -2.52. The predicted molar refractivity (Wildman–Crippen MR) is 123 cm³/mol. The Morgan fingerprint density at radius 3 is 1.93 bits per heavy atom. The molecule has 1 aliphatic heterocycles. The molecule has 2 aromatic carbocycles. The van der Waals surface area contributed by atoms with Crippen molar-refractivity contribution in [2.75, 3.05) is 32.7 Å². The molecule has 1 fully saturated rings. The molecule has 2 N–H and O–H groups in total. The molecule has 2 atom stereocenters. The number of urea groups is 1. The van der Waals surface area contributed by atoms with Crippen LogP contribution in [0.5, 0.6) is 0 Å². The van der Waals surface area contributed by atoms with E-state index < -0.39 is 0 Å². The van der Waals surface area contributed by atoms with Gasteiger partial charge in [0.2, 0.25) is 0 Å². The lowest BCUT2D eigenvalue weighted by atomic mass is 9.91. The second kappa shape index (κ2) is 11.1. The minimum absolute atomic E-state index is 0.0790. The van der Waals surface area contributed by atoms with Gasteiger partial charge in [0.05, 0.1) is 12.1 Å². The number of carbonyl (C=O) groups excluding carboxylic acids is 1. The fourth-order valence-electron chi connectivity index (χ4n) is 4.23. The van der Waals surface area contributed by atoms with Crippen molar-refractivity contribution < 1.29 is 4.79 Å². The Kier molecular flexibility index (Phi) is 8.29. The number of hydrogen-bond donors (Lipinski definition) is 2. The van der Waals surface area contributed by atoms with E-state index in [0.29, 0.717) is 12.6 Å². The van der Waals surface area contributed by atoms with Crippen molar-refractivity contribution in [3.05, 3.63) is 71.8 Å². The summed E-state index contributed by atoms with van der Waals surface area (Å²) in [5.41, 5.74) is 2.37. The summed E-state index contributed by atoms with van der Waals surface area (Å²) in [4.78, 5) is 17.8. The minimum atomic E-state index is -0.129. The molecule has 5 heteroatoms. The van der Waals surface area contributed by atoms with Crippen LogP contribution in [0.25, 0.3) is 0 Å². The molecule has 0 spiro atoms. The van der Waals surface area contributed by atoms with Crippen molar-refractivity contribution in [1.82, 2.24) is 20.4 Å². The lowest BCUT2D eigenvalue weighted by Gasteiger charge is -2.44. The first-order valence-corrected chi connectivity index (χ1v) is 11.2. The summed E-state index contributed by atoms with van der Waals surface area (Å²) in [6.45, 7) is 11.3. The van der Waals surface area contributed by atoms with Crippen molar-refractivity contribution >= 4 is 6.03 Å². The van der Waals surface area contributed by atoms with Crippen molar-refractivity contribution in [1.29, 1.82) is 0 Å². The molecule has 2 amide bonds. The summed E-state index contributed by atoms with van der Waals surface area (Å²) in [5.74, 6) is 0. The second-order valence-electron chi connectivity index (χ2n) is 8.31. The molecule has 1 heterocycles. The quantitative estimate of drug-likeness (QED) is 0.688. The molecule has 2 aromatic rings. The van der Waals surface area contributed by atoms with Gasteiger partial charge in [-0.1, -0.05) is 67.6 Å². The Bertz CT molecular complexity index is 757. The molecule has 0 bridgehead atoms. The lowest BCUT2D eigenvalue weighted by molar-refractivity contribution is 0.0641. The summed E-state index contributed by atoms with van der Waals surface area (Å²) < 4.78 is 0. The maximum Gasteiger partial charge on any atom is 0.315 e. The number of piperazine rings is 1. The van der Waals surface area contributed by atoms with E-state index in [2.05, 4.69) is 83.7 Å². The smallest absolute Gasteiger partial charge is 0.315 e. The number of amides is 2. The van der Waals surface area contributed by atoms with Crippen molar-refractivity contribution in [2.24, 2.45) is 0 Å². The van der Waals surface area contributed by atoms with Crippen LogP contribution in [0.15, 0.2) is 60.7 Å². The molecular weight excluding hydrogens is 372 g/mol. The molecular formula is C25H36N4O. The summed E-state index contributed by atoms with van der Waals surface area (Å²) in [5, 5.41) is 6.28. The SMILES string of the molecule is CCCNC(=O)N[C@H](c1ccccc1)[C@H](c1ccccc1)N1CCN(C(C)C)CC1. The van der Waals surface area contributed by atoms with Crippen LogP contribution < -0.4 is 10.6 Å². The summed E-state index contributed by atoms with van der Waals surface area (Å²) in [6.07, 6.45) is 0.919. The number of nitrogens with zero attached hydrogens (tertiary/aromatic N) is 2. The van der Waals surface area contributed by atoms with Gasteiger partial charge in [-0.25, -0.2) is 4.79 Å². The fourth-order valence-corrected chi connectivity index (χ4v) is 4.23. The Morgan fingerprint density at radius 1 is 0.867 bits per heavy atom. The van der Waals surface area contributed by atoms with E-state index in [1.807, 2.05) is 18.2 Å². The van der Waals surface area contributed by atoms with Gasteiger partial charge < -0.3 is 10.6 Å². The number of rotatable bonds is 8. The van der Waals surface area contributed by atoms with E-state index in [1.165, 1.54) is 5.56 Å². The Balaban J connectivity index is 1.92. The van der Waals surface area contributed by atoms with Crippen molar-refractivity contribution in [3.63, 3.8) is 0 Å². The third-order valence-electron chi connectivity index (χ3n) is 5.91. The molecule has 162 valence electrons. The summed E-state index contributed by atoms with van der Waals surface area (Å²) in [7, 11) is 0.